The van der Waals surface area contributed by atoms with Gasteiger partial charge in [0.15, 0.2) is 9.84 Å². The van der Waals surface area contributed by atoms with Gasteiger partial charge in [0, 0.05) is 6.26 Å². The summed E-state index contributed by atoms with van der Waals surface area (Å²) in [5, 5.41) is 0. The van der Waals surface area contributed by atoms with Gasteiger partial charge in [-0.2, -0.15) is 0 Å². The first kappa shape index (κ1) is 18.9. The van der Waals surface area contributed by atoms with E-state index in [1.165, 1.54) is 6.26 Å². The van der Waals surface area contributed by atoms with E-state index in [1.54, 1.807) is 0 Å². The van der Waals surface area contributed by atoms with Crippen molar-refractivity contribution in [2.75, 3.05) is 6.26 Å². The van der Waals surface area contributed by atoms with Crippen molar-refractivity contribution >= 4 is 9.84 Å². The summed E-state index contributed by atoms with van der Waals surface area (Å²) in [5.74, 6) is 0. The molecule has 0 amide bonds. The highest BCUT2D eigenvalue weighted by molar-refractivity contribution is 7.92. The van der Waals surface area contributed by atoms with Crippen LogP contribution in [-0.2, 0) is 9.84 Å². The van der Waals surface area contributed by atoms with Crippen molar-refractivity contribution in [1.82, 2.24) is 0 Å². The minimum Gasteiger partial charge on any atom is -0.229 e. The molecule has 0 fully saturated rings. The van der Waals surface area contributed by atoms with E-state index in [-0.39, 0.29) is 0 Å². The Kier molecular flexibility index (Phi) is 9.77. The van der Waals surface area contributed by atoms with E-state index in [0.29, 0.717) is 0 Å². The van der Waals surface area contributed by atoms with Crippen molar-refractivity contribution in [2.45, 2.75) is 96.1 Å². The first-order valence-corrected chi connectivity index (χ1v) is 10.0. The summed E-state index contributed by atoms with van der Waals surface area (Å²) in [6.45, 7) is 6.49. The van der Waals surface area contributed by atoms with Crippen molar-refractivity contribution in [3.05, 3.63) is 0 Å². The molecule has 116 valence electrons. The summed E-state index contributed by atoms with van der Waals surface area (Å²) in [7, 11) is -2.96. The number of hydrogen-bond donors (Lipinski definition) is 0. The molecule has 0 aromatic rings. The second kappa shape index (κ2) is 9.79. The lowest BCUT2D eigenvalue weighted by Gasteiger charge is -2.32. The third-order valence-corrected chi connectivity index (χ3v) is 6.43. The first-order chi connectivity index (χ1) is 8.93. The third-order valence-electron chi connectivity index (χ3n) is 4.24. The van der Waals surface area contributed by atoms with Crippen molar-refractivity contribution in [2.24, 2.45) is 0 Å². The van der Waals surface area contributed by atoms with Crippen LogP contribution in [-0.4, -0.2) is 19.4 Å². The van der Waals surface area contributed by atoms with Crippen LogP contribution < -0.4 is 0 Å². The second-order valence-electron chi connectivity index (χ2n) is 5.97. The van der Waals surface area contributed by atoms with E-state index >= 15 is 0 Å². The van der Waals surface area contributed by atoms with E-state index in [0.717, 1.165) is 70.6 Å². The van der Waals surface area contributed by atoms with Gasteiger partial charge >= 0.3 is 0 Å². The molecule has 0 saturated carbocycles. The molecule has 0 unspecified atom stereocenters. The quantitative estimate of drug-likeness (QED) is 0.467. The SMILES string of the molecule is CCCCCC(CCCC)(CCCCC)S(C)(=O)=O. The highest BCUT2D eigenvalue weighted by Gasteiger charge is 2.38. The molecule has 0 aliphatic heterocycles. The highest BCUT2D eigenvalue weighted by atomic mass is 32.2. The van der Waals surface area contributed by atoms with Gasteiger partial charge in [-0.25, -0.2) is 8.42 Å². The largest absolute Gasteiger partial charge is 0.229 e. The van der Waals surface area contributed by atoms with Gasteiger partial charge in [0.2, 0.25) is 0 Å². The fourth-order valence-corrected chi connectivity index (χ4v) is 4.37. The molecule has 0 N–H and O–H groups in total. The number of rotatable bonds is 12. The maximum atomic E-state index is 12.3. The normalized spacial score (nSPS) is 12.8. The van der Waals surface area contributed by atoms with Crippen LogP contribution >= 0.6 is 0 Å². The molecule has 0 aromatic heterocycles. The van der Waals surface area contributed by atoms with Gasteiger partial charge in [-0.1, -0.05) is 72.1 Å². The van der Waals surface area contributed by atoms with Gasteiger partial charge in [0.1, 0.15) is 0 Å². The first-order valence-electron chi connectivity index (χ1n) is 8.13. The monoisotopic (exact) mass is 290 g/mol. The van der Waals surface area contributed by atoms with Gasteiger partial charge in [0.25, 0.3) is 0 Å². The molecule has 0 aromatic carbocycles. The molecule has 0 saturated heterocycles. The molecule has 19 heavy (non-hydrogen) atoms. The summed E-state index contributed by atoms with van der Waals surface area (Å²) in [5.41, 5.74) is 0. The molecular weight excluding hydrogens is 256 g/mol. The summed E-state index contributed by atoms with van der Waals surface area (Å²) < 4.78 is 24.3. The van der Waals surface area contributed by atoms with Gasteiger partial charge in [-0.3, -0.25) is 0 Å². The Morgan fingerprint density at radius 1 is 0.684 bits per heavy atom. The number of hydrogen-bond acceptors (Lipinski definition) is 2. The Labute approximate surface area is 121 Å². The zero-order chi connectivity index (χ0) is 14.8. The average molecular weight is 291 g/mol. The van der Waals surface area contributed by atoms with Crippen molar-refractivity contribution in [1.29, 1.82) is 0 Å². The van der Waals surface area contributed by atoms with Gasteiger partial charge in [0.05, 0.1) is 4.75 Å². The van der Waals surface area contributed by atoms with E-state index in [1.807, 2.05) is 0 Å². The highest BCUT2D eigenvalue weighted by Crippen LogP contribution is 2.35. The molecule has 2 nitrogen and oxygen atoms in total. The van der Waals surface area contributed by atoms with Crippen LogP contribution in [0.3, 0.4) is 0 Å². The van der Waals surface area contributed by atoms with Gasteiger partial charge in [-0.05, 0) is 19.3 Å². The van der Waals surface area contributed by atoms with E-state index in [2.05, 4.69) is 20.8 Å². The number of sulfone groups is 1. The maximum absolute atomic E-state index is 12.3. The Morgan fingerprint density at radius 3 is 1.37 bits per heavy atom. The molecule has 0 heterocycles. The molecule has 0 aliphatic carbocycles. The minimum absolute atomic E-state index is 0.437. The second-order valence-corrected chi connectivity index (χ2v) is 8.38. The molecule has 0 atom stereocenters. The van der Waals surface area contributed by atoms with Crippen LogP contribution in [0.25, 0.3) is 0 Å². The molecular formula is C16H34O2S. The Bertz CT molecular complexity index is 297. The van der Waals surface area contributed by atoms with Gasteiger partial charge in [-0.15, -0.1) is 0 Å². The standard InChI is InChI=1S/C16H34O2S/c1-5-8-11-14-16(13-10-7-3,19(4,17)18)15-12-9-6-2/h5-15H2,1-4H3. The van der Waals surface area contributed by atoms with Crippen molar-refractivity contribution < 1.29 is 8.42 Å². The molecule has 3 heteroatoms. The lowest BCUT2D eigenvalue weighted by atomic mass is 9.89. The molecule has 0 bridgehead atoms. The molecule has 0 aliphatic rings. The van der Waals surface area contributed by atoms with Crippen molar-refractivity contribution in [3.63, 3.8) is 0 Å². The fourth-order valence-electron chi connectivity index (χ4n) is 2.82. The Balaban J connectivity index is 4.86. The zero-order valence-corrected chi connectivity index (χ0v) is 14.3. The summed E-state index contributed by atoms with van der Waals surface area (Å²) >= 11 is 0. The molecule has 0 rings (SSSR count). The number of unbranched alkanes of at least 4 members (excludes halogenated alkanes) is 5. The van der Waals surface area contributed by atoms with Crippen LogP contribution in [0, 0.1) is 0 Å². The topological polar surface area (TPSA) is 34.1 Å². The predicted molar refractivity (Wildman–Crippen MR) is 85.4 cm³/mol. The molecule has 0 spiro atoms. The Hall–Kier alpha value is -0.0500. The van der Waals surface area contributed by atoms with E-state index in [4.69, 9.17) is 0 Å². The molecule has 0 radical (unpaired) electrons. The lowest BCUT2D eigenvalue weighted by molar-refractivity contribution is 0.389. The van der Waals surface area contributed by atoms with Crippen LogP contribution in [0.5, 0.6) is 0 Å². The van der Waals surface area contributed by atoms with E-state index in [9.17, 15) is 8.42 Å². The summed E-state index contributed by atoms with van der Waals surface area (Å²) in [6, 6.07) is 0. The van der Waals surface area contributed by atoms with Crippen molar-refractivity contribution in [3.8, 4) is 0 Å². The fraction of sp³-hybridized carbons (Fsp3) is 1.00. The van der Waals surface area contributed by atoms with Crippen LogP contribution in [0.1, 0.15) is 91.4 Å². The van der Waals surface area contributed by atoms with Crippen LogP contribution in [0.4, 0.5) is 0 Å². The van der Waals surface area contributed by atoms with Crippen LogP contribution in [0.15, 0.2) is 0 Å². The van der Waals surface area contributed by atoms with Crippen LogP contribution in [0.2, 0.25) is 0 Å². The Morgan fingerprint density at radius 2 is 1.05 bits per heavy atom. The zero-order valence-electron chi connectivity index (χ0n) is 13.5. The average Bonchev–Trinajstić information content (AvgIpc) is 2.34. The summed E-state index contributed by atoms with van der Waals surface area (Å²) in [6.07, 6.45) is 12.9. The minimum atomic E-state index is -2.96. The van der Waals surface area contributed by atoms with Gasteiger partial charge < -0.3 is 0 Å². The third kappa shape index (κ3) is 6.78. The maximum Gasteiger partial charge on any atom is 0.153 e. The predicted octanol–water partition coefficient (Wildman–Crippen LogP) is 5.12. The summed E-state index contributed by atoms with van der Waals surface area (Å²) in [4.78, 5) is 0. The smallest absolute Gasteiger partial charge is 0.153 e. The lowest BCUT2D eigenvalue weighted by Crippen LogP contribution is -2.38. The van der Waals surface area contributed by atoms with E-state index < -0.39 is 14.6 Å².